The molecule has 0 unspecified atom stereocenters. The van der Waals surface area contributed by atoms with E-state index in [0.717, 1.165) is 0 Å². The van der Waals surface area contributed by atoms with Gasteiger partial charge in [0.1, 0.15) is 11.5 Å². The van der Waals surface area contributed by atoms with Gasteiger partial charge < -0.3 is 4.42 Å². The Morgan fingerprint density at radius 1 is 1.36 bits per heavy atom. The van der Waals surface area contributed by atoms with Crippen molar-refractivity contribution in [2.24, 2.45) is 4.99 Å². The first kappa shape index (κ1) is 17.2. The number of nitro groups is 1. The van der Waals surface area contributed by atoms with Crippen LogP contribution in [0.2, 0.25) is 5.02 Å². The molecule has 0 saturated carbocycles. The van der Waals surface area contributed by atoms with Crippen molar-refractivity contribution in [3.05, 3.63) is 56.1 Å². The molecule has 1 amide bonds. The van der Waals surface area contributed by atoms with Gasteiger partial charge in [-0.2, -0.15) is 0 Å². The summed E-state index contributed by atoms with van der Waals surface area (Å²) >= 11 is 7.18. The predicted octanol–water partition coefficient (Wildman–Crippen LogP) is 4.04. The monoisotopic (exact) mass is 377 g/mol. The molecule has 0 N–H and O–H groups in total. The molecule has 0 aliphatic carbocycles. The number of nitro benzene ring substituents is 1. The minimum absolute atomic E-state index is 0.107. The maximum atomic E-state index is 12.2. The second-order valence-electron chi connectivity index (χ2n) is 5.10. The normalized spacial score (nSPS) is 17.7. The van der Waals surface area contributed by atoms with Crippen LogP contribution in [0.4, 0.5) is 5.69 Å². The van der Waals surface area contributed by atoms with Gasteiger partial charge in [0.05, 0.1) is 15.4 Å². The second-order valence-corrected chi connectivity index (χ2v) is 6.55. The lowest BCUT2D eigenvalue weighted by Crippen LogP contribution is -2.23. The molecule has 1 aromatic carbocycles. The number of nitrogens with zero attached hydrogens (tertiary/aromatic N) is 3. The number of likely N-dealkylation sites (N-methyl/N-ethyl adjacent to an activating group) is 1. The number of halogens is 1. The third-order valence-electron chi connectivity index (χ3n) is 3.52. The Labute approximate surface area is 152 Å². The Bertz CT molecular complexity index is 935. The summed E-state index contributed by atoms with van der Waals surface area (Å²) in [6.45, 7) is 0. The summed E-state index contributed by atoms with van der Waals surface area (Å²) in [5.41, 5.74) is 0.171. The van der Waals surface area contributed by atoms with Crippen LogP contribution >= 0.6 is 23.4 Å². The number of rotatable bonds is 3. The first-order valence-electron chi connectivity index (χ1n) is 7.09. The van der Waals surface area contributed by atoms with Crippen LogP contribution in [0, 0.1) is 10.1 Å². The zero-order valence-corrected chi connectivity index (χ0v) is 14.8. The summed E-state index contributed by atoms with van der Waals surface area (Å²) < 4.78 is 5.67. The number of hydrogen-bond donors (Lipinski definition) is 0. The van der Waals surface area contributed by atoms with Gasteiger partial charge in [0, 0.05) is 31.3 Å². The zero-order valence-electron chi connectivity index (χ0n) is 13.2. The highest BCUT2D eigenvalue weighted by Gasteiger charge is 2.30. The van der Waals surface area contributed by atoms with Crippen LogP contribution in [-0.4, -0.2) is 35.0 Å². The Morgan fingerprint density at radius 2 is 2.12 bits per heavy atom. The molecule has 1 fully saturated rings. The fourth-order valence-electron chi connectivity index (χ4n) is 2.32. The molecule has 2 aromatic rings. The molecule has 2 heterocycles. The minimum atomic E-state index is -0.498. The summed E-state index contributed by atoms with van der Waals surface area (Å²) in [5, 5.41) is 12.1. The number of carbonyl (C=O) groups excluding carboxylic acids is 1. The number of benzene rings is 1. The third-order valence-corrected chi connectivity index (χ3v) is 4.90. The van der Waals surface area contributed by atoms with E-state index in [1.54, 1.807) is 32.3 Å². The summed E-state index contributed by atoms with van der Waals surface area (Å²) in [6, 6.07) is 7.49. The molecule has 0 bridgehead atoms. The fourth-order valence-corrected chi connectivity index (χ4v) is 3.40. The van der Waals surface area contributed by atoms with Gasteiger partial charge in [-0.1, -0.05) is 11.6 Å². The SMILES string of the molecule is CN=C1S/C(=C\c2ccc(-c3cc(Cl)ccc3[N+](=O)[O-])o2)C(=O)N1C. The average molecular weight is 378 g/mol. The highest BCUT2D eigenvalue weighted by atomic mass is 35.5. The van der Waals surface area contributed by atoms with E-state index in [2.05, 4.69) is 4.99 Å². The highest BCUT2D eigenvalue weighted by molar-refractivity contribution is 8.18. The van der Waals surface area contributed by atoms with Crippen LogP contribution in [0.25, 0.3) is 17.4 Å². The van der Waals surface area contributed by atoms with E-state index in [4.69, 9.17) is 16.0 Å². The van der Waals surface area contributed by atoms with Gasteiger partial charge in [-0.05, 0) is 36.0 Å². The van der Waals surface area contributed by atoms with Crippen LogP contribution in [0.1, 0.15) is 5.76 Å². The smallest absolute Gasteiger partial charge is 0.280 e. The Balaban J connectivity index is 1.97. The number of furan rings is 1. The predicted molar refractivity (Wildman–Crippen MR) is 97.5 cm³/mol. The first-order chi connectivity index (χ1) is 11.9. The van der Waals surface area contributed by atoms with Gasteiger partial charge in [0.25, 0.3) is 11.6 Å². The molecule has 25 heavy (non-hydrogen) atoms. The van der Waals surface area contributed by atoms with Gasteiger partial charge >= 0.3 is 0 Å². The van der Waals surface area contributed by atoms with Crippen molar-refractivity contribution < 1.29 is 14.1 Å². The molecule has 1 aliphatic rings. The van der Waals surface area contributed by atoms with Crippen molar-refractivity contribution in [2.75, 3.05) is 14.1 Å². The maximum absolute atomic E-state index is 12.2. The highest BCUT2D eigenvalue weighted by Crippen LogP contribution is 2.35. The number of amides is 1. The summed E-state index contributed by atoms with van der Waals surface area (Å²) in [5.74, 6) is 0.525. The summed E-state index contributed by atoms with van der Waals surface area (Å²) in [4.78, 5) is 28.8. The summed E-state index contributed by atoms with van der Waals surface area (Å²) in [6.07, 6.45) is 1.58. The van der Waals surface area contributed by atoms with Gasteiger partial charge in [-0.15, -0.1) is 0 Å². The summed E-state index contributed by atoms with van der Waals surface area (Å²) in [7, 11) is 3.25. The van der Waals surface area contributed by atoms with Crippen molar-refractivity contribution in [3.63, 3.8) is 0 Å². The molecule has 1 saturated heterocycles. The van der Waals surface area contributed by atoms with Crippen LogP contribution in [-0.2, 0) is 4.79 Å². The Hall–Kier alpha value is -2.58. The molecule has 0 atom stereocenters. The van der Waals surface area contributed by atoms with E-state index in [-0.39, 0.29) is 17.2 Å². The molecule has 0 spiro atoms. The first-order valence-corrected chi connectivity index (χ1v) is 8.28. The van der Waals surface area contributed by atoms with Crippen molar-refractivity contribution in [1.82, 2.24) is 4.90 Å². The topological polar surface area (TPSA) is 89.0 Å². The van der Waals surface area contributed by atoms with Crippen molar-refractivity contribution >= 4 is 46.2 Å². The van der Waals surface area contributed by atoms with Gasteiger partial charge in [0.15, 0.2) is 5.17 Å². The number of hydrogen-bond acceptors (Lipinski definition) is 6. The van der Waals surface area contributed by atoms with Crippen molar-refractivity contribution in [3.8, 4) is 11.3 Å². The molecule has 3 rings (SSSR count). The van der Waals surface area contributed by atoms with Gasteiger partial charge in [-0.3, -0.25) is 24.8 Å². The third kappa shape index (κ3) is 3.31. The number of aliphatic imine (C=N–C) groups is 1. The number of amidine groups is 1. The molecule has 0 radical (unpaired) electrons. The zero-order chi connectivity index (χ0) is 18.1. The lowest BCUT2D eigenvalue weighted by Gasteiger charge is -2.04. The molecular formula is C16H12ClN3O4S. The lowest BCUT2D eigenvalue weighted by molar-refractivity contribution is -0.384. The van der Waals surface area contributed by atoms with Crippen LogP contribution < -0.4 is 0 Å². The van der Waals surface area contributed by atoms with Gasteiger partial charge in [0.2, 0.25) is 0 Å². The molecule has 128 valence electrons. The quantitative estimate of drug-likeness (QED) is 0.457. The van der Waals surface area contributed by atoms with E-state index in [1.165, 1.54) is 34.9 Å². The maximum Gasteiger partial charge on any atom is 0.280 e. The molecular weight excluding hydrogens is 366 g/mol. The van der Waals surface area contributed by atoms with E-state index < -0.39 is 4.92 Å². The van der Waals surface area contributed by atoms with Crippen LogP contribution in [0.15, 0.2) is 44.6 Å². The molecule has 1 aromatic heterocycles. The van der Waals surface area contributed by atoms with E-state index in [9.17, 15) is 14.9 Å². The second kappa shape index (κ2) is 6.73. The Morgan fingerprint density at radius 3 is 2.76 bits per heavy atom. The van der Waals surface area contributed by atoms with Gasteiger partial charge in [-0.25, -0.2) is 0 Å². The van der Waals surface area contributed by atoms with E-state index in [0.29, 0.717) is 26.6 Å². The minimum Gasteiger partial charge on any atom is -0.456 e. The van der Waals surface area contributed by atoms with E-state index in [1.807, 2.05) is 0 Å². The molecule has 7 nitrogen and oxygen atoms in total. The number of thioether (sulfide) groups is 1. The Kier molecular flexibility index (Phi) is 4.65. The van der Waals surface area contributed by atoms with Crippen molar-refractivity contribution in [2.45, 2.75) is 0 Å². The molecule has 9 heteroatoms. The van der Waals surface area contributed by atoms with Crippen LogP contribution in [0.3, 0.4) is 0 Å². The van der Waals surface area contributed by atoms with E-state index >= 15 is 0 Å². The van der Waals surface area contributed by atoms with Crippen molar-refractivity contribution in [1.29, 1.82) is 0 Å². The van der Waals surface area contributed by atoms with Crippen LogP contribution in [0.5, 0.6) is 0 Å². The number of carbonyl (C=O) groups is 1. The fraction of sp³-hybridized carbons (Fsp3) is 0.125. The standard InChI is InChI=1S/C16H12ClN3O4S/c1-18-16-19(2)15(21)14(25-16)8-10-4-6-13(24-10)11-7-9(17)3-5-12(11)20(22)23/h3-8H,1-2H3/b14-8-,18-16?. The lowest BCUT2D eigenvalue weighted by atomic mass is 10.1. The average Bonchev–Trinajstić information content (AvgIpc) is 3.15. The largest absolute Gasteiger partial charge is 0.456 e. The molecule has 1 aliphatic heterocycles.